The van der Waals surface area contributed by atoms with Crippen molar-refractivity contribution in [2.24, 2.45) is 17.8 Å². The van der Waals surface area contributed by atoms with Crippen LogP contribution in [0.1, 0.15) is 41.0 Å². The van der Waals surface area contributed by atoms with E-state index < -0.39 is 29.7 Å². The number of aliphatic hydroxyl groups is 1. The Morgan fingerprint density at radius 1 is 1.29 bits per heavy atom. The number of aromatic nitrogens is 1. The number of carbonyl (C=O) groups excluding carboxylic acids is 2. The highest BCUT2D eigenvalue weighted by molar-refractivity contribution is 6.12. The van der Waals surface area contributed by atoms with Gasteiger partial charge in [-0.2, -0.15) is 13.2 Å². The molecule has 0 aliphatic heterocycles. The lowest BCUT2D eigenvalue weighted by Gasteiger charge is -2.31. The second kappa shape index (κ2) is 8.26. The summed E-state index contributed by atoms with van der Waals surface area (Å²) < 4.78 is 49.2. The fourth-order valence-electron chi connectivity index (χ4n) is 4.04. The van der Waals surface area contributed by atoms with Gasteiger partial charge < -0.3 is 14.6 Å². The first-order valence-corrected chi connectivity index (χ1v) is 9.13. The third-order valence-corrected chi connectivity index (χ3v) is 5.49. The molecule has 1 N–H and O–H groups in total. The second-order valence-corrected chi connectivity index (χ2v) is 7.24. The molecule has 4 atom stereocenters. The van der Waals surface area contributed by atoms with Crippen LogP contribution in [-0.2, 0) is 27.1 Å². The molecular formula is C19H22F3NO5. The first-order chi connectivity index (χ1) is 13.2. The Kier molecular flexibility index (Phi) is 6.16. The number of hydrogen-bond donors (Lipinski definition) is 1. The van der Waals surface area contributed by atoms with Crippen LogP contribution >= 0.6 is 0 Å². The monoisotopic (exact) mass is 401 g/mol. The van der Waals surface area contributed by atoms with E-state index in [0.717, 1.165) is 6.07 Å². The van der Waals surface area contributed by atoms with Crippen molar-refractivity contribution in [3.63, 3.8) is 0 Å². The molecule has 0 amide bonds. The summed E-state index contributed by atoms with van der Waals surface area (Å²) in [5.74, 6) is -2.70. The van der Waals surface area contributed by atoms with E-state index in [1.54, 1.807) is 0 Å². The highest BCUT2D eigenvalue weighted by Crippen LogP contribution is 2.44. The van der Waals surface area contributed by atoms with Gasteiger partial charge in [0.25, 0.3) is 0 Å². The van der Waals surface area contributed by atoms with E-state index in [9.17, 15) is 27.9 Å². The molecule has 1 aromatic heterocycles. The summed E-state index contributed by atoms with van der Waals surface area (Å²) in [7, 11) is 1.45. The number of ketones is 2. The van der Waals surface area contributed by atoms with Crippen molar-refractivity contribution in [1.29, 1.82) is 0 Å². The van der Waals surface area contributed by atoms with Crippen molar-refractivity contribution in [3.05, 3.63) is 29.1 Å². The molecule has 6 nitrogen and oxygen atoms in total. The van der Waals surface area contributed by atoms with Gasteiger partial charge in [0, 0.05) is 18.6 Å². The Labute approximate surface area is 160 Å². The van der Waals surface area contributed by atoms with Crippen molar-refractivity contribution in [3.8, 4) is 0 Å². The van der Waals surface area contributed by atoms with Crippen LogP contribution in [0.3, 0.4) is 0 Å². The molecule has 154 valence electrons. The van der Waals surface area contributed by atoms with E-state index in [4.69, 9.17) is 9.47 Å². The average molecular weight is 401 g/mol. The zero-order valence-electron chi connectivity index (χ0n) is 15.4. The molecule has 2 saturated carbocycles. The standard InChI is InChI=1S/C19H22F3NO5/c1-27-6-7-28-9-13-12(4-5-14(23-13)19(20,21)22)18(26)15-16(24)10-2-3-11(8-10)17(15)25/h4-5,10-11,15-16,24H,2-3,6-9H2,1H3. The molecule has 0 saturated heterocycles. The van der Waals surface area contributed by atoms with E-state index in [0.29, 0.717) is 25.3 Å². The normalized spacial score (nSPS) is 27.2. The van der Waals surface area contributed by atoms with Crippen LogP contribution < -0.4 is 0 Å². The summed E-state index contributed by atoms with van der Waals surface area (Å²) in [5.41, 5.74) is -1.47. The highest BCUT2D eigenvalue weighted by atomic mass is 19.4. The first-order valence-electron chi connectivity index (χ1n) is 9.13. The van der Waals surface area contributed by atoms with Gasteiger partial charge in [-0.1, -0.05) is 0 Å². The van der Waals surface area contributed by atoms with E-state index in [1.165, 1.54) is 7.11 Å². The van der Waals surface area contributed by atoms with E-state index in [2.05, 4.69) is 4.98 Å². The Bertz CT molecular complexity index is 752. The summed E-state index contributed by atoms with van der Waals surface area (Å²) in [4.78, 5) is 29.2. The van der Waals surface area contributed by atoms with Crippen LogP contribution in [0.25, 0.3) is 0 Å². The molecule has 1 aromatic rings. The topological polar surface area (TPSA) is 85.7 Å². The van der Waals surface area contributed by atoms with Crippen LogP contribution in [0, 0.1) is 17.8 Å². The number of hydrogen-bond acceptors (Lipinski definition) is 6. The molecule has 2 aliphatic rings. The summed E-state index contributed by atoms with van der Waals surface area (Å²) in [6, 6.07) is 1.73. The summed E-state index contributed by atoms with van der Waals surface area (Å²) in [6.07, 6.45) is -3.95. The van der Waals surface area contributed by atoms with Crippen LogP contribution in [-0.4, -0.2) is 48.1 Å². The first kappa shape index (κ1) is 20.9. The van der Waals surface area contributed by atoms with Crippen molar-refractivity contribution in [2.45, 2.75) is 38.1 Å². The minimum atomic E-state index is -4.68. The number of rotatable bonds is 7. The number of halogens is 3. The van der Waals surface area contributed by atoms with Crippen molar-refractivity contribution in [1.82, 2.24) is 4.98 Å². The molecule has 2 aliphatic carbocycles. The van der Waals surface area contributed by atoms with E-state index in [1.807, 2.05) is 0 Å². The predicted molar refractivity (Wildman–Crippen MR) is 90.4 cm³/mol. The third-order valence-electron chi connectivity index (χ3n) is 5.49. The largest absolute Gasteiger partial charge is 0.433 e. The molecule has 1 heterocycles. The summed E-state index contributed by atoms with van der Waals surface area (Å²) in [6.45, 7) is 0.000824. The molecule has 2 bridgehead atoms. The van der Waals surface area contributed by atoms with Gasteiger partial charge >= 0.3 is 6.18 Å². The maximum absolute atomic E-state index is 13.0. The van der Waals surface area contributed by atoms with Gasteiger partial charge in [0.1, 0.15) is 17.4 Å². The maximum atomic E-state index is 13.0. The lowest BCUT2D eigenvalue weighted by Crippen LogP contribution is -2.45. The summed E-state index contributed by atoms with van der Waals surface area (Å²) in [5, 5.41) is 10.5. The Morgan fingerprint density at radius 2 is 2.04 bits per heavy atom. The number of aliphatic hydroxyl groups excluding tert-OH is 1. The van der Waals surface area contributed by atoms with Crippen LogP contribution in [0.2, 0.25) is 0 Å². The van der Waals surface area contributed by atoms with Crippen molar-refractivity contribution in [2.75, 3.05) is 20.3 Å². The second-order valence-electron chi connectivity index (χ2n) is 7.24. The number of carbonyl (C=O) groups is 2. The lowest BCUT2D eigenvalue weighted by atomic mass is 9.74. The maximum Gasteiger partial charge on any atom is 0.433 e. The van der Waals surface area contributed by atoms with E-state index >= 15 is 0 Å². The quantitative estimate of drug-likeness (QED) is 0.429. The Balaban J connectivity index is 1.90. The fraction of sp³-hybridized carbons (Fsp3) is 0.632. The predicted octanol–water partition coefficient (Wildman–Crippen LogP) is 2.42. The zero-order chi connectivity index (χ0) is 20.5. The molecule has 0 radical (unpaired) electrons. The highest BCUT2D eigenvalue weighted by Gasteiger charge is 2.50. The average Bonchev–Trinajstić information content (AvgIpc) is 3.10. The number of pyridine rings is 1. The van der Waals surface area contributed by atoms with Crippen LogP contribution in [0.4, 0.5) is 13.2 Å². The molecule has 28 heavy (non-hydrogen) atoms. The SMILES string of the molecule is COCCOCc1nc(C(F)(F)F)ccc1C(=O)C1C(=O)C2CCC(C2)C1O. The molecular weight excluding hydrogens is 379 g/mol. The molecule has 4 unspecified atom stereocenters. The number of ether oxygens (including phenoxy) is 2. The number of Topliss-reactive ketones (excluding diaryl/α,β-unsaturated/α-hetero) is 2. The molecule has 0 aromatic carbocycles. The third kappa shape index (κ3) is 4.11. The number of methoxy groups -OCH3 is 1. The Hall–Kier alpha value is -1.84. The van der Waals surface area contributed by atoms with E-state index in [-0.39, 0.29) is 48.7 Å². The minimum absolute atomic E-state index is 0.108. The summed E-state index contributed by atoms with van der Waals surface area (Å²) >= 11 is 0. The number of alkyl halides is 3. The van der Waals surface area contributed by atoms with Gasteiger partial charge in [-0.25, -0.2) is 4.98 Å². The van der Waals surface area contributed by atoms with Gasteiger partial charge in [-0.15, -0.1) is 0 Å². The minimum Gasteiger partial charge on any atom is -0.392 e. The molecule has 2 fully saturated rings. The van der Waals surface area contributed by atoms with Crippen LogP contribution in [0.5, 0.6) is 0 Å². The molecule has 3 rings (SSSR count). The van der Waals surface area contributed by atoms with Crippen molar-refractivity contribution >= 4 is 11.6 Å². The Morgan fingerprint density at radius 3 is 2.71 bits per heavy atom. The van der Waals surface area contributed by atoms with Crippen LogP contribution in [0.15, 0.2) is 12.1 Å². The molecule has 9 heteroatoms. The number of nitrogens with zero attached hydrogens (tertiary/aromatic N) is 1. The van der Waals surface area contributed by atoms with Gasteiger partial charge in [0.15, 0.2) is 5.78 Å². The number of fused-ring (bicyclic) bond motifs is 2. The zero-order valence-corrected chi connectivity index (χ0v) is 15.4. The van der Waals surface area contributed by atoms with Gasteiger partial charge in [-0.3, -0.25) is 9.59 Å². The van der Waals surface area contributed by atoms with Gasteiger partial charge in [-0.05, 0) is 37.3 Å². The van der Waals surface area contributed by atoms with Gasteiger partial charge in [0.05, 0.1) is 31.6 Å². The van der Waals surface area contributed by atoms with Crippen molar-refractivity contribution < 1.29 is 37.3 Å². The van der Waals surface area contributed by atoms with Gasteiger partial charge in [0.2, 0.25) is 0 Å². The fourth-order valence-corrected chi connectivity index (χ4v) is 4.04. The lowest BCUT2D eigenvalue weighted by molar-refractivity contribution is -0.141. The molecule has 0 spiro atoms. The smallest absolute Gasteiger partial charge is 0.392 e.